The van der Waals surface area contributed by atoms with Gasteiger partial charge in [-0.15, -0.1) is 0 Å². The first-order valence-electron chi connectivity index (χ1n) is 23.0. The Bertz CT molecular complexity index is 2150. The minimum absolute atomic E-state index is 0.0177. The number of benzene rings is 3. The molecular formula is C53H64O10. The van der Waals surface area contributed by atoms with Crippen molar-refractivity contribution in [1.82, 2.24) is 0 Å². The molecular weight excluding hydrogens is 797 g/mol. The lowest BCUT2D eigenvalue weighted by Crippen LogP contribution is -2.67. The van der Waals surface area contributed by atoms with Crippen LogP contribution in [0.5, 0.6) is 0 Å². The van der Waals surface area contributed by atoms with Gasteiger partial charge in [-0.2, -0.15) is 0 Å². The van der Waals surface area contributed by atoms with Gasteiger partial charge < -0.3 is 24.1 Å². The predicted octanol–water partition coefficient (Wildman–Crippen LogP) is 9.50. The molecule has 7 unspecified atom stereocenters. The Morgan fingerprint density at radius 1 is 0.762 bits per heavy atom. The summed E-state index contributed by atoms with van der Waals surface area (Å²) in [5.74, 6) is -3.06. The van der Waals surface area contributed by atoms with Crippen LogP contribution in [0.2, 0.25) is 0 Å². The minimum Gasteiger partial charge on any atom is -0.462 e. The summed E-state index contributed by atoms with van der Waals surface area (Å²) in [6, 6.07) is 26.5. The van der Waals surface area contributed by atoms with E-state index < -0.39 is 64.8 Å². The zero-order valence-corrected chi connectivity index (χ0v) is 37.7. The quantitative estimate of drug-likeness (QED) is 0.163. The monoisotopic (exact) mass is 860 g/mol. The van der Waals surface area contributed by atoms with Crippen LogP contribution >= 0.6 is 0 Å². The van der Waals surface area contributed by atoms with Crippen LogP contribution in [-0.4, -0.2) is 65.8 Å². The van der Waals surface area contributed by atoms with Crippen molar-refractivity contribution in [1.29, 1.82) is 0 Å². The van der Waals surface area contributed by atoms with Crippen LogP contribution in [0.15, 0.2) is 103 Å². The van der Waals surface area contributed by atoms with Gasteiger partial charge in [0.2, 0.25) is 0 Å². The van der Waals surface area contributed by atoms with Gasteiger partial charge in [-0.3, -0.25) is 9.59 Å². The second kappa shape index (κ2) is 18.9. The molecule has 1 saturated heterocycles. The van der Waals surface area contributed by atoms with Gasteiger partial charge in [-0.1, -0.05) is 102 Å². The summed E-state index contributed by atoms with van der Waals surface area (Å²) < 4.78 is 25.6. The van der Waals surface area contributed by atoms with Crippen LogP contribution in [0.1, 0.15) is 118 Å². The third-order valence-electron chi connectivity index (χ3n) is 15.5. The Morgan fingerprint density at radius 3 is 1.79 bits per heavy atom. The van der Waals surface area contributed by atoms with Gasteiger partial charge in [0.25, 0.3) is 0 Å². The van der Waals surface area contributed by atoms with Crippen molar-refractivity contribution in [2.75, 3.05) is 6.61 Å². The highest BCUT2D eigenvalue weighted by molar-refractivity contribution is 5.97. The summed E-state index contributed by atoms with van der Waals surface area (Å²) in [5.41, 5.74) is 1.15. The lowest BCUT2D eigenvalue weighted by Gasteiger charge is -2.65. The molecule has 3 saturated carbocycles. The predicted molar refractivity (Wildman–Crippen MR) is 237 cm³/mol. The molecule has 336 valence electrons. The molecule has 8 rings (SSSR count). The van der Waals surface area contributed by atoms with Crippen molar-refractivity contribution < 1.29 is 48.0 Å². The second-order valence-electron chi connectivity index (χ2n) is 19.4. The lowest BCUT2D eigenvalue weighted by molar-refractivity contribution is -0.225. The number of aliphatic hydroxyl groups excluding tert-OH is 1. The largest absolute Gasteiger partial charge is 0.462 e. The lowest BCUT2D eigenvalue weighted by atomic mass is 9.41. The Kier molecular flexibility index (Phi) is 13.8. The summed E-state index contributed by atoms with van der Waals surface area (Å²) >= 11 is 0. The number of hydrogen-bond donors (Lipinski definition) is 1. The number of rotatable bonds is 9. The van der Waals surface area contributed by atoms with E-state index in [1.807, 2.05) is 31.2 Å². The zero-order valence-electron chi connectivity index (χ0n) is 37.7. The van der Waals surface area contributed by atoms with E-state index >= 15 is 0 Å². The van der Waals surface area contributed by atoms with Crippen molar-refractivity contribution in [3.8, 4) is 0 Å². The minimum atomic E-state index is -0.866. The number of aliphatic hydroxyl groups is 1. The molecule has 1 heterocycles. The van der Waals surface area contributed by atoms with E-state index in [0.717, 1.165) is 18.4 Å². The maximum atomic E-state index is 14.8. The topological polar surface area (TPSA) is 143 Å². The summed E-state index contributed by atoms with van der Waals surface area (Å²) in [6.45, 7) is 14.8. The number of ether oxygens (including phenoxy) is 4. The van der Waals surface area contributed by atoms with Crippen molar-refractivity contribution >= 4 is 29.7 Å². The standard InChI is InChI=1S/C51H58O9.C2H6O/c1-29(2)35-26-40(57-41(53)27-35)30(3)37-28-38(52)44-42-36(22-24-51(37,44)6)50(5)25-23-39(58-47(54)32-16-10-7-11-17-32)46(60-49(56)34-20-14-9-15-21-34)43(50)31(4)45(42)59-48(55)33-18-12-8-13-19-33;1-2-3/h7-21,28-31,35-36,39-40,42-46H,22-27H2,1-6H3;3H,2H2,1H3/t30?,31-,35?,36?,39-,40?,42?,43?,44?,45+,46+,50-,51-;/m1./s1. The molecule has 0 spiro atoms. The highest BCUT2D eigenvalue weighted by atomic mass is 16.6. The second-order valence-corrected chi connectivity index (χ2v) is 19.4. The number of hydrogen-bond acceptors (Lipinski definition) is 10. The number of cyclic esters (lactones) is 1. The molecule has 3 aromatic rings. The van der Waals surface area contributed by atoms with E-state index in [-0.39, 0.29) is 48.1 Å². The Balaban J connectivity index is 0.00000193. The van der Waals surface area contributed by atoms with Crippen molar-refractivity contribution in [2.45, 2.75) is 111 Å². The van der Waals surface area contributed by atoms with Gasteiger partial charge in [0.1, 0.15) is 24.4 Å². The average Bonchev–Trinajstić information content (AvgIpc) is 3.55. The Morgan fingerprint density at radius 2 is 1.27 bits per heavy atom. The van der Waals surface area contributed by atoms with E-state index in [4.69, 9.17) is 24.1 Å². The molecule has 4 aliphatic carbocycles. The van der Waals surface area contributed by atoms with Crippen LogP contribution in [0.3, 0.4) is 0 Å². The summed E-state index contributed by atoms with van der Waals surface area (Å²) in [5, 5.41) is 7.57. The van der Waals surface area contributed by atoms with Gasteiger partial charge in [0.15, 0.2) is 5.78 Å². The van der Waals surface area contributed by atoms with E-state index in [9.17, 15) is 24.0 Å². The van der Waals surface area contributed by atoms with Crippen molar-refractivity contribution in [3.05, 3.63) is 119 Å². The van der Waals surface area contributed by atoms with Gasteiger partial charge in [0.05, 0.1) is 16.7 Å². The normalized spacial score (nSPS) is 33.8. The van der Waals surface area contributed by atoms with Gasteiger partial charge in [-0.25, -0.2) is 14.4 Å². The summed E-state index contributed by atoms with van der Waals surface area (Å²) in [4.78, 5) is 69.6. The fourth-order valence-corrected chi connectivity index (χ4v) is 12.5. The van der Waals surface area contributed by atoms with Crippen LogP contribution in [0.4, 0.5) is 0 Å². The fourth-order valence-electron chi connectivity index (χ4n) is 12.5. The average molecular weight is 861 g/mol. The molecule has 10 nitrogen and oxygen atoms in total. The van der Waals surface area contributed by atoms with E-state index in [1.54, 1.807) is 79.7 Å². The molecule has 0 bridgehead atoms. The molecule has 0 aromatic heterocycles. The molecule has 1 N–H and O–H groups in total. The van der Waals surface area contributed by atoms with Crippen LogP contribution < -0.4 is 0 Å². The van der Waals surface area contributed by atoms with Crippen LogP contribution in [0.25, 0.3) is 0 Å². The van der Waals surface area contributed by atoms with Crippen molar-refractivity contribution in [2.24, 2.45) is 58.2 Å². The maximum Gasteiger partial charge on any atom is 0.338 e. The third kappa shape index (κ3) is 8.89. The molecule has 13 atom stereocenters. The number of fused-ring (bicyclic) bond motifs is 5. The molecule has 5 aliphatic rings. The van der Waals surface area contributed by atoms with Gasteiger partial charge in [-0.05, 0) is 110 Å². The van der Waals surface area contributed by atoms with Crippen LogP contribution in [0, 0.1) is 58.2 Å². The van der Waals surface area contributed by atoms with Crippen molar-refractivity contribution in [3.63, 3.8) is 0 Å². The first-order valence-corrected chi connectivity index (χ1v) is 23.0. The van der Waals surface area contributed by atoms with E-state index in [0.29, 0.717) is 48.3 Å². The van der Waals surface area contributed by atoms with E-state index in [2.05, 4.69) is 34.6 Å². The van der Waals surface area contributed by atoms with Crippen LogP contribution in [-0.2, 0) is 28.5 Å². The molecule has 0 radical (unpaired) electrons. The maximum absolute atomic E-state index is 14.8. The number of ketones is 1. The molecule has 63 heavy (non-hydrogen) atoms. The highest BCUT2D eigenvalue weighted by Crippen LogP contribution is 2.68. The van der Waals surface area contributed by atoms with Gasteiger partial charge in [0, 0.05) is 42.6 Å². The first kappa shape index (κ1) is 45.9. The molecule has 3 aromatic carbocycles. The zero-order chi connectivity index (χ0) is 45.2. The van der Waals surface area contributed by atoms with E-state index in [1.165, 1.54) is 0 Å². The smallest absolute Gasteiger partial charge is 0.338 e. The Labute approximate surface area is 372 Å². The van der Waals surface area contributed by atoms with Gasteiger partial charge >= 0.3 is 23.9 Å². The molecule has 4 fully saturated rings. The molecule has 10 heteroatoms. The number of carbonyl (C=O) groups excluding carboxylic acids is 5. The first-order chi connectivity index (χ1) is 30.1. The fraction of sp³-hybridized carbons (Fsp3) is 0.528. The number of carbonyl (C=O) groups is 5. The Hall–Kier alpha value is -5.09. The number of esters is 4. The molecule has 0 amide bonds. The third-order valence-corrected chi connectivity index (χ3v) is 15.5. The highest BCUT2D eigenvalue weighted by Gasteiger charge is 2.69. The summed E-state index contributed by atoms with van der Waals surface area (Å²) in [6.07, 6.45) is 2.82. The molecule has 1 aliphatic heterocycles. The summed E-state index contributed by atoms with van der Waals surface area (Å²) in [7, 11) is 0. The SMILES string of the molecule is CC(C)C1CC(=O)OC(C(C)C2=CC(=O)C3C4C(CC[C@]23C)[C@@]2(C)CC[C@@H](OC(=O)c3ccccc3)[C@H](OC(=O)c3ccccc3)C2[C@@H](C)[C@@H]4OC(=O)c2ccccc2)C1.CCO. The number of allylic oxidation sites excluding steroid dienone is 1.